The summed E-state index contributed by atoms with van der Waals surface area (Å²) in [5, 5.41) is 10.3. The van der Waals surface area contributed by atoms with Gasteiger partial charge in [0.25, 0.3) is 0 Å². The summed E-state index contributed by atoms with van der Waals surface area (Å²) < 4.78 is 1.74. The molecule has 1 amide bonds. The Morgan fingerprint density at radius 1 is 1.07 bits per heavy atom. The predicted molar refractivity (Wildman–Crippen MR) is 107 cm³/mol. The molecule has 7 nitrogen and oxygen atoms in total. The Hall–Kier alpha value is -2.41. The van der Waals surface area contributed by atoms with E-state index in [4.69, 9.17) is 0 Å². The minimum absolute atomic E-state index is 0.160. The van der Waals surface area contributed by atoms with Crippen molar-refractivity contribution in [3.63, 3.8) is 0 Å². The fraction of sp³-hybridized carbons (Fsp3) is 0.571. The highest BCUT2D eigenvalue weighted by atomic mass is 16.2. The molecule has 7 heteroatoms. The molecule has 2 aromatic rings. The van der Waals surface area contributed by atoms with Gasteiger partial charge in [-0.1, -0.05) is 30.3 Å². The van der Waals surface area contributed by atoms with Gasteiger partial charge in [-0.2, -0.15) is 5.10 Å². The summed E-state index contributed by atoms with van der Waals surface area (Å²) in [6.07, 6.45) is 4.72. The molecule has 2 aliphatic heterocycles. The highest BCUT2D eigenvalue weighted by Crippen LogP contribution is 2.28. The normalized spacial score (nSPS) is 21.4. The number of hydrogen-bond donors (Lipinski definition) is 2. The molecule has 1 atom stereocenters. The molecule has 2 aliphatic rings. The quantitative estimate of drug-likeness (QED) is 0.842. The second-order valence-corrected chi connectivity index (χ2v) is 7.94. The molecule has 28 heavy (non-hydrogen) atoms. The summed E-state index contributed by atoms with van der Waals surface area (Å²) in [5.74, 6) is 1.50. The number of carbonyl (C=O) groups is 1. The fourth-order valence-corrected chi connectivity index (χ4v) is 4.44. The van der Waals surface area contributed by atoms with Crippen molar-refractivity contribution < 1.29 is 4.79 Å². The first-order chi connectivity index (χ1) is 13.7. The third-order valence-electron chi connectivity index (χ3n) is 6.07. The summed E-state index contributed by atoms with van der Waals surface area (Å²) in [7, 11) is 0. The van der Waals surface area contributed by atoms with Crippen LogP contribution in [0.4, 0.5) is 0 Å². The summed E-state index contributed by atoms with van der Waals surface area (Å²) in [6.45, 7) is 3.98. The molecule has 1 aromatic heterocycles. The number of hydrogen-bond acceptors (Lipinski definition) is 4. The third kappa shape index (κ3) is 4.19. The maximum Gasteiger partial charge on any atom is 0.343 e. The van der Waals surface area contributed by atoms with E-state index < -0.39 is 0 Å². The Morgan fingerprint density at radius 2 is 1.86 bits per heavy atom. The standard InChI is InChI=1S/C21H29N5O2/c27-20(18-7-4-11-22-12-8-18)25-13-9-17(10-14-25)19-23-24-21(28)26(19)15-16-5-2-1-3-6-16/h1-3,5-6,17-18,22H,4,7-15H2,(H,24,28)/t18-/m1/s1. The van der Waals surface area contributed by atoms with Gasteiger partial charge in [0.05, 0.1) is 6.54 Å². The Balaban J connectivity index is 1.40. The molecule has 2 fully saturated rings. The van der Waals surface area contributed by atoms with Crippen molar-refractivity contribution in [3.05, 3.63) is 52.2 Å². The van der Waals surface area contributed by atoms with Gasteiger partial charge in [0.15, 0.2) is 0 Å². The molecule has 3 heterocycles. The first-order valence-electron chi connectivity index (χ1n) is 10.4. The zero-order valence-corrected chi connectivity index (χ0v) is 16.3. The molecule has 1 aromatic carbocycles. The second-order valence-electron chi connectivity index (χ2n) is 7.94. The van der Waals surface area contributed by atoms with E-state index in [9.17, 15) is 9.59 Å². The maximum atomic E-state index is 12.9. The van der Waals surface area contributed by atoms with Crippen LogP contribution in [0.1, 0.15) is 49.4 Å². The van der Waals surface area contributed by atoms with Crippen LogP contribution in [0.5, 0.6) is 0 Å². The zero-order chi connectivity index (χ0) is 19.3. The van der Waals surface area contributed by atoms with Gasteiger partial charge in [0.1, 0.15) is 5.82 Å². The van der Waals surface area contributed by atoms with Gasteiger partial charge in [-0.25, -0.2) is 9.89 Å². The van der Waals surface area contributed by atoms with Gasteiger partial charge in [0, 0.05) is 24.9 Å². The van der Waals surface area contributed by atoms with Crippen molar-refractivity contribution in [1.82, 2.24) is 25.0 Å². The van der Waals surface area contributed by atoms with E-state index in [0.717, 1.165) is 69.7 Å². The van der Waals surface area contributed by atoms with Crippen LogP contribution >= 0.6 is 0 Å². The van der Waals surface area contributed by atoms with Crippen LogP contribution in [0.2, 0.25) is 0 Å². The lowest BCUT2D eigenvalue weighted by atomic mass is 9.93. The van der Waals surface area contributed by atoms with Crippen LogP contribution < -0.4 is 11.0 Å². The number of amides is 1. The Kier molecular flexibility index (Phi) is 5.90. The average molecular weight is 383 g/mol. The van der Waals surface area contributed by atoms with E-state index in [-0.39, 0.29) is 17.5 Å². The number of likely N-dealkylation sites (tertiary alicyclic amines) is 1. The summed E-state index contributed by atoms with van der Waals surface area (Å²) in [6, 6.07) is 9.97. The Morgan fingerprint density at radius 3 is 2.64 bits per heavy atom. The second kappa shape index (κ2) is 8.73. The number of benzene rings is 1. The smallest absolute Gasteiger partial charge is 0.342 e. The molecule has 4 rings (SSSR count). The highest BCUT2D eigenvalue weighted by molar-refractivity contribution is 5.79. The lowest BCUT2D eigenvalue weighted by molar-refractivity contribution is -0.137. The molecule has 0 bridgehead atoms. The molecule has 2 saturated heterocycles. The van der Waals surface area contributed by atoms with Crippen LogP contribution in [0.3, 0.4) is 0 Å². The Bertz CT molecular complexity index is 828. The lowest BCUT2D eigenvalue weighted by Gasteiger charge is -2.33. The summed E-state index contributed by atoms with van der Waals surface area (Å²) >= 11 is 0. The summed E-state index contributed by atoms with van der Waals surface area (Å²) in [4.78, 5) is 27.2. The number of H-pyrrole nitrogens is 1. The van der Waals surface area contributed by atoms with E-state index in [2.05, 4.69) is 15.5 Å². The summed E-state index contributed by atoms with van der Waals surface area (Å²) in [5.41, 5.74) is 0.921. The van der Waals surface area contributed by atoms with Gasteiger partial charge in [0.2, 0.25) is 5.91 Å². The van der Waals surface area contributed by atoms with Crippen LogP contribution in [-0.2, 0) is 11.3 Å². The maximum absolute atomic E-state index is 12.9. The van der Waals surface area contributed by atoms with E-state index >= 15 is 0 Å². The number of rotatable bonds is 4. The van der Waals surface area contributed by atoms with Crippen molar-refractivity contribution in [3.8, 4) is 0 Å². The number of carbonyl (C=O) groups excluding carboxylic acids is 1. The largest absolute Gasteiger partial charge is 0.343 e. The molecule has 0 radical (unpaired) electrons. The Labute approximate surface area is 165 Å². The van der Waals surface area contributed by atoms with E-state index in [1.807, 2.05) is 35.2 Å². The number of nitrogens with zero attached hydrogens (tertiary/aromatic N) is 3. The van der Waals surface area contributed by atoms with E-state index in [0.29, 0.717) is 12.5 Å². The van der Waals surface area contributed by atoms with Gasteiger partial charge >= 0.3 is 5.69 Å². The zero-order valence-electron chi connectivity index (χ0n) is 16.3. The number of piperidine rings is 1. The monoisotopic (exact) mass is 383 g/mol. The molecule has 2 N–H and O–H groups in total. The number of aromatic amines is 1. The van der Waals surface area contributed by atoms with Gasteiger partial charge in [-0.15, -0.1) is 0 Å². The van der Waals surface area contributed by atoms with Crippen LogP contribution in [-0.4, -0.2) is 51.8 Å². The van der Waals surface area contributed by atoms with Gasteiger partial charge in [-0.3, -0.25) is 9.36 Å². The molecule has 150 valence electrons. The van der Waals surface area contributed by atoms with Crippen LogP contribution in [0, 0.1) is 5.92 Å². The van der Waals surface area contributed by atoms with Gasteiger partial charge < -0.3 is 10.2 Å². The lowest BCUT2D eigenvalue weighted by Crippen LogP contribution is -2.42. The average Bonchev–Trinajstić information content (AvgIpc) is 2.94. The SMILES string of the molecule is O=C([C@@H]1CCCNCC1)N1CCC(c2n[nH]c(=O)n2Cc2ccccc2)CC1. The van der Waals surface area contributed by atoms with Crippen molar-refractivity contribution in [2.45, 2.75) is 44.6 Å². The van der Waals surface area contributed by atoms with Crippen molar-refractivity contribution in [2.75, 3.05) is 26.2 Å². The van der Waals surface area contributed by atoms with Crippen molar-refractivity contribution in [1.29, 1.82) is 0 Å². The van der Waals surface area contributed by atoms with E-state index in [1.165, 1.54) is 0 Å². The molecule has 0 unspecified atom stereocenters. The minimum atomic E-state index is -0.164. The van der Waals surface area contributed by atoms with E-state index in [1.54, 1.807) is 4.57 Å². The predicted octanol–water partition coefficient (Wildman–Crippen LogP) is 1.72. The highest BCUT2D eigenvalue weighted by Gasteiger charge is 2.31. The first-order valence-corrected chi connectivity index (χ1v) is 10.4. The molecular weight excluding hydrogens is 354 g/mol. The first kappa shape index (κ1) is 18.9. The number of aromatic nitrogens is 3. The topological polar surface area (TPSA) is 83.0 Å². The van der Waals surface area contributed by atoms with Crippen molar-refractivity contribution >= 4 is 5.91 Å². The third-order valence-corrected chi connectivity index (χ3v) is 6.07. The molecule has 0 spiro atoms. The van der Waals surface area contributed by atoms with Crippen LogP contribution in [0.25, 0.3) is 0 Å². The van der Waals surface area contributed by atoms with Crippen molar-refractivity contribution in [2.24, 2.45) is 5.92 Å². The van der Waals surface area contributed by atoms with Crippen LogP contribution in [0.15, 0.2) is 35.1 Å². The number of nitrogens with one attached hydrogen (secondary N) is 2. The fourth-order valence-electron chi connectivity index (χ4n) is 4.44. The molecular formula is C21H29N5O2. The molecule has 0 aliphatic carbocycles. The minimum Gasteiger partial charge on any atom is -0.342 e. The van der Waals surface area contributed by atoms with Gasteiger partial charge in [-0.05, 0) is 50.8 Å². The molecule has 0 saturated carbocycles.